The number of phenols is 1. The van der Waals surface area contributed by atoms with Crippen LogP contribution in [0.4, 0.5) is 4.79 Å². The van der Waals surface area contributed by atoms with Crippen LogP contribution in [-0.2, 0) is 20.9 Å². The first-order chi connectivity index (χ1) is 18.7. The normalized spacial score (nSPS) is 13.8. The molecule has 0 bridgehead atoms. The van der Waals surface area contributed by atoms with Gasteiger partial charge in [-0.05, 0) is 75.6 Å². The molecule has 40 heavy (non-hydrogen) atoms. The molecule has 0 aliphatic rings. The summed E-state index contributed by atoms with van der Waals surface area (Å²) in [5, 5.41) is 15.7. The highest BCUT2D eigenvalue weighted by molar-refractivity contribution is 5.92. The Kier molecular flexibility index (Phi) is 12.0. The van der Waals surface area contributed by atoms with Crippen molar-refractivity contribution in [1.29, 1.82) is 0 Å². The van der Waals surface area contributed by atoms with Gasteiger partial charge in [-0.3, -0.25) is 9.59 Å². The SMILES string of the molecule is CC(C)CCC(C)N(C(=O)C(NC(=O)OC(C)(C)C)C(C)C)C(C(=O)NCc1ccccc1)c1ccc(O)cc1. The minimum Gasteiger partial charge on any atom is -0.508 e. The zero-order valence-corrected chi connectivity index (χ0v) is 25.2. The first-order valence-electron chi connectivity index (χ1n) is 14.1. The standard InChI is InChI=1S/C32H47N3O5/c1-21(2)14-15-23(5)35(30(38)27(22(3)4)34-31(39)40-32(6,7)8)28(25-16-18-26(36)19-17-25)29(37)33-20-24-12-10-9-11-13-24/h9-13,16-19,21-23,27-28,36H,14-15,20H2,1-8H3,(H,33,37)(H,34,39). The van der Waals surface area contributed by atoms with Crippen molar-refractivity contribution >= 4 is 17.9 Å². The van der Waals surface area contributed by atoms with Gasteiger partial charge in [0.05, 0.1) is 0 Å². The summed E-state index contributed by atoms with van der Waals surface area (Å²) in [4.78, 5) is 42.6. The summed E-state index contributed by atoms with van der Waals surface area (Å²) in [5.41, 5.74) is 0.760. The number of carbonyl (C=O) groups is 3. The zero-order valence-electron chi connectivity index (χ0n) is 25.2. The van der Waals surface area contributed by atoms with Gasteiger partial charge in [-0.25, -0.2) is 4.79 Å². The Morgan fingerprint density at radius 3 is 2.02 bits per heavy atom. The Morgan fingerprint density at radius 2 is 1.50 bits per heavy atom. The van der Waals surface area contributed by atoms with Crippen molar-refractivity contribution in [2.24, 2.45) is 11.8 Å². The lowest BCUT2D eigenvalue weighted by molar-refractivity contribution is -0.146. The van der Waals surface area contributed by atoms with E-state index in [4.69, 9.17) is 4.74 Å². The number of nitrogens with zero attached hydrogens (tertiary/aromatic N) is 1. The van der Waals surface area contributed by atoms with Crippen LogP contribution in [0.2, 0.25) is 0 Å². The van der Waals surface area contributed by atoms with Crippen molar-refractivity contribution in [1.82, 2.24) is 15.5 Å². The fourth-order valence-electron chi connectivity index (χ4n) is 4.40. The maximum Gasteiger partial charge on any atom is 0.408 e. The smallest absolute Gasteiger partial charge is 0.408 e. The molecule has 2 rings (SSSR count). The van der Waals surface area contributed by atoms with Gasteiger partial charge >= 0.3 is 6.09 Å². The number of rotatable bonds is 12. The van der Waals surface area contributed by atoms with Gasteiger partial charge in [0.2, 0.25) is 11.8 Å². The van der Waals surface area contributed by atoms with E-state index in [1.807, 2.05) is 51.1 Å². The van der Waals surface area contributed by atoms with Crippen molar-refractivity contribution in [2.45, 2.75) is 98.5 Å². The first kappa shape index (κ1) is 32.7. The molecule has 0 aliphatic carbocycles. The number of amides is 3. The maximum atomic E-state index is 14.4. The third-order valence-corrected chi connectivity index (χ3v) is 6.54. The average molecular weight is 554 g/mol. The average Bonchev–Trinajstić information content (AvgIpc) is 2.87. The highest BCUT2D eigenvalue weighted by Crippen LogP contribution is 2.29. The lowest BCUT2D eigenvalue weighted by Crippen LogP contribution is -2.57. The second-order valence-corrected chi connectivity index (χ2v) is 12.1. The minimum absolute atomic E-state index is 0.0598. The Hall–Kier alpha value is -3.55. The van der Waals surface area contributed by atoms with E-state index in [1.165, 1.54) is 12.1 Å². The third kappa shape index (κ3) is 10.2. The second kappa shape index (κ2) is 14.7. The second-order valence-electron chi connectivity index (χ2n) is 12.1. The molecular weight excluding hydrogens is 506 g/mol. The molecule has 3 unspecified atom stereocenters. The van der Waals surface area contributed by atoms with Gasteiger partial charge in [-0.15, -0.1) is 0 Å². The summed E-state index contributed by atoms with van der Waals surface area (Å²) in [6.07, 6.45) is 0.829. The lowest BCUT2D eigenvalue weighted by atomic mass is 9.95. The number of nitrogens with one attached hydrogen (secondary N) is 2. The topological polar surface area (TPSA) is 108 Å². The van der Waals surface area contributed by atoms with Gasteiger partial charge in [-0.2, -0.15) is 0 Å². The number of ether oxygens (including phenoxy) is 1. The molecule has 0 aromatic heterocycles. The Balaban J connectivity index is 2.53. The predicted octanol–water partition coefficient (Wildman–Crippen LogP) is 5.95. The molecule has 0 heterocycles. The number of aromatic hydroxyl groups is 1. The van der Waals surface area contributed by atoms with Gasteiger partial charge in [0.15, 0.2) is 0 Å². The van der Waals surface area contributed by atoms with Crippen LogP contribution < -0.4 is 10.6 Å². The monoisotopic (exact) mass is 553 g/mol. The van der Waals surface area contributed by atoms with Crippen molar-refractivity contribution in [3.8, 4) is 5.75 Å². The molecule has 8 nitrogen and oxygen atoms in total. The van der Waals surface area contributed by atoms with Crippen LogP contribution in [0.3, 0.4) is 0 Å². The van der Waals surface area contributed by atoms with Gasteiger partial charge < -0.3 is 25.4 Å². The minimum atomic E-state index is -0.985. The lowest BCUT2D eigenvalue weighted by Gasteiger charge is -2.39. The number of phenolic OH excluding ortho intramolecular Hbond substituents is 1. The highest BCUT2D eigenvalue weighted by atomic mass is 16.6. The van der Waals surface area contributed by atoms with Gasteiger partial charge in [0.1, 0.15) is 23.4 Å². The van der Waals surface area contributed by atoms with Crippen molar-refractivity contribution in [2.75, 3.05) is 0 Å². The summed E-state index contributed by atoms with van der Waals surface area (Å²) >= 11 is 0. The summed E-state index contributed by atoms with van der Waals surface area (Å²) < 4.78 is 5.45. The zero-order chi connectivity index (χ0) is 30.0. The Labute approximate surface area is 239 Å². The van der Waals surface area contributed by atoms with Crippen LogP contribution in [0.15, 0.2) is 54.6 Å². The van der Waals surface area contributed by atoms with Crippen LogP contribution in [0.5, 0.6) is 5.75 Å². The summed E-state index contributed by atoms with van der Waals surface area (Å²) in [7, 11) is 0. The fourth-order valence-corrected chi connectivity index (χ4v) is 4.40. The molecule has 0 saturated heterocycles. The van der Waals surface area contributed by atoms with E-state index in [0.29, 0.717) is 24.4 Å². The summed E-state index contributed by atoms with van der Waals surface area (Å²) in [5.74, 6) is -0.527. The van der Waals surface area contributed by atoms with E-state index in [0.717, 1.165) is 12.0 Å². The molecule has 3 N–H and O–H groups in total. The number of carbonyl (C=O) groups excluding carboxylic acids is 3. The van der Waals surface area contributed by atoms with E-state index >= 15 is 0 Å². The molecule has 8 heteroatoms. The van der Waals surface area contributed by atoms with E-state index in [2.05, 4.69) is 24.5 Å². The quantitative estimate of drug-likeness (QED) is 0.301. The van der Waals surface area contributed by atoms with Gasteiger partial charge in [-0.1, -0.05) is 70.2 Å². The predicted molar refractivity (Wildman–Crippen MR) is 158 cm³/mol. The molecule has 0 spiro atoms. The molecule has 3 amide bonds. The fraction of sp³-hybridized carbons (Fsp3) is 0.531. The number of alkyl carbamates (subject to hydrolysis) is 1. The largest absolute Gasteiger partial charge is 0.508 e. The van der Waals surface area contributed by atoms with E-state index in [9.17, 15) is 19.5 Å². The van der Waals surface area contributed by atoms with Crippen LogP contribution in [0.25, 0.3) is 0 Å². The van der Waals surface area contributed by atoms with Crippen LogP contribution in [0.1, 0.15) is 85.4 Å². The molecule has 0 saturated carbocycles. The molecule has 0 radical (unpaired) electrons. The Morgan fingerprint density at radius 1 is 0.900 bits per heavy atom. The molecular formula is C32H47N3O5. The van der Waals surface area contributed by atoms with Crippen LogP contribution in [-0.4, -0.2) is 45.6 Å². The molecule has 220 valence electrons. The van der Waals surface area contributed by atoms with Crippen molar-refractivity contribution < 1.29 is 24.2 Å². The van der Waals surface area contributed by atoms with Gasteiger partial charge in [0, 0.05) is 12.6 Å². The van der Waals surface area contributed by atoms with Crippen LogP contribution >= 0.6 is 0 Å². The molecule has 2 aromatic rings. The number of benzene rings is 2. The molecule has 0 fully saturated rings. The molecule has 3 atom stereocenters. The summed E-state index contributed by atoms with van der Waals surface area (Å²) in [6, 6.07) is 13.7. The van der Waals surface area contributed by atoms with E-state index in [-0.39, 0.29) is 29.5 Å². The molecule has 0 aliphatic heterocycles. The molecule has 2 aromatic carbocycles. The van der Waals surface area contributed by atoms with Crippen LogP contribution in [0, 0.1) is 11.8 Å². The van der Waals surface area contributed by atoms with Gasteiger partial charge in [0.25, 0.3) is 0 Å². The number of hydrogen-bond acceptors (Lipinski definition) is 5. The van der Waals surface area contributed by atoms with Crippen molar-refractivity contribution in [3.05, 3.63) is 65.7 Å². The summed E-state index contributed by atoms with van der Waals surface area (Å²) in [6.45, 7) is 15.4. The van der Waals surface area contributed by atoms with E-state index < -0.39 is 23.8 Å². The number of hydrogen-bond donors (Lipinski definition) is 3. The highest BCUT2D eigenvalue weighted by Gasteiger charge is 2.39. The first-order valence-corrected chi connectivity index (χ1v) is 14.1. The van der Waals surface area contributed by atoms with E-state index in [1.54, 1.807) is 37.8 Å². The van der Waals surface area contributed by atoms with Crippen molar-refractivity contribution in [3.63, 3.8) is 0 Å². The Bertz CT molecular complexity index is 1090. The maximum absolute atomic E-state index is 14.4. The third-order valence-electron chi connectivity index (χ3n) is 6.54.